The van der Waals surface area contributed by atoms with Gasteiger partial charge in [-0.05, 0) is 57.2 Å². The van der Waals surface area contributed by atoms with E-state index in [1.165, 1.54) is 49.1 Å². The van der Waals surface area contributed by atoms with E-state index >= 15 is 0 Å². The second-order valence-electron chi connectivity index (χ2n) is 7.69. The molecule has 24 heavy (non-hydrogen) atoms. The fraction of sp³-hybridized carbons (Fsp3) is 0.737. The molecule has 3 aliphatic rings. The Balaban J connectivity index is 1.20. The van der Waals surface area contributed by atoms with Crippen LogP contribution in [0.3, 0.4) is 0 Å². The molecule has 1 unspecified atom stereocenters. The lowest BCUT2D eigenvalue weighted by atomic mass is 10.0. The smallest absolute Gasteiger partial charge is 0.261 e. The van der Waals surface area contributed by atoms with Gasteiger partial charge in [0.15, 0.2) is 0 Å². The summed E-state index contributed by atoms with van der Waals surface area (Å²) in [5, 5.41) is 3.12. The van der Waals surface area contributed by atoms with Gasteiger partial charge in [0, 0.05) is 43.1 Å². The molecule has 2 aliphatic heterocycles. The van der Waals surface area contributed by atoms with Crippen LogP contribution in [0.5, 0.6) is 0 Å². The van der Waals surface area contributed by atoms with Crippen molar-refractivity contribution in [3.8, 4) is 0 Å². The molecule has 1 aliphatic carbocycles. The molecule has 1 aromatic rings. The normalized spacial score (nSPS) is 25.0. The Morgan fingerprint density at radius 1 is 1.29 bits per heavy atom. The van der Waals surface area contributed by atoms with Crippen molar-refractivity contribution in [1.82, 2.24) is 15.1 Å². The standard InChI is InChI=1S/C19H29N3OS/c1-14-5-2-3-9-21(14)10-4-8-20-19(23)17-11-15-12-22(16-6-7-16)13-18(15)24-17/h11,14,16H,2-10,12-13H2,1H3,(H,20,23). The van der Waals surface area contributed by atoms with Gasteiger partial charge in [-0.1, -0.05) is 6.42 Å². The van der Waals surface area contributed by atoms with E-state index in [9.17, 15) is 4.79 Å². The maximum Gasteiger partial charge on any atom is 0.261 e. The predicted molar refractivity (Wildman–Crippen MR) is 98.4 cm³/mol. The molecular formula is C19H29N3OS. The van der Waals surface area contributed by atoms with E-state index in [2.05, 4.69) is 28.1 Å². The van der Waals surface area contributed by atoms with Crippen molar-refractivity contribution in [2.75, 3.05) is 19.6 Å². The van der Waals surface area contributed by atoms with Gasteiger partial charge in [0.25, 0.3) is 5.91 Å². The van der Waals surface area contributed by atoms with Crippen LogP contribution < -0.4 is 5.32 Å². The van der Waals surface area contributed by atoms with Crippen LogP contribution >= 0.6 is 11.3 Å². The van der Waals surface area contributed by atoms with Crippen molar-refractivity contribution in [3.63, 3.8) is 0 Å². The topological polar surface area (TPSA) is 35.6 Å². The number of hydrogen-bond donors (Lipinski definition) is 1. The second kappa shape index (κ2) is 7.14. The number of nitrogens with one attached hydrogen (secondary N) is 1. The SMILES string of the molecule is CC1CCCCN1CCCNC(=O)c1cc2c(s1)CN(C1CC1)C2. The average molecular weight is 348 g/mol. The summed E-state index contributed by atoms with van der Waals surface area (Å²) in [7, 11) is 0. The maximum absolute atomic E-state index is 12.4. The Bertz CT molecular complexity index is 572. The number of piperidine rings is 1. The summed E-state index contributed by atoms with van der Waals surface area (Å²) < 4.78 is 0. The van der Waals surface area contributed by atoms with Crippen molar-refractivity contribution in [2.45, 2.75) is 70.6 Å². The van der Waals surface area contributed by atoms with Crippen LogP contribution in [0.2, 0.25) is 0 Å². The van der Waals surface area contributed by atoms with Crippen LogP contribution in [0.1, 0.15) is 65.6 Å². The highest BCUT2D eigenvalue weighted by Gasteiger charge is 2.34. The number of likely N-dealkylation sites (tertiary alicyclic amines) is 1. The summed E-state index contributed by atoms with van der Waals surface area (Å²) in [5.41, 5.74) is 1.39. The molecule has 0 spiro atoms. The zero-order valence-electron chi connectivity index (χ0n) is 14.7. The fourth-order valence-electron chi connectivity index (χ4n) is 4.06. The lowest BCUT2D eigenvalue weighted by Crippen LogP contribution is -2.39. The van der Waals surface area contributed by atoms with Gasteiger partial charge in [-0.2, -0.15) is 0 Å². The summed E-state index contributed by atoms with van der Waals surface area (Å²) in [6, 6.07) is 3.66. The van der Waals surface area contributed by atoms with Gasteiger partial charge in [0.05, 0.1) is 4.88 Å². The Morgan fingerprint density at radius 2 is 2.17 bits per heavy atom. The lowest BCUT2D eigenvalue weighted by molar-refractivity contribution is 0.0952. The van der Waals surface area contributed by atoms with Gasteiger partial charge < -0.3 is 10.2 Å². The quantitative estimate of drug-likeness (QED) is 0.803. The van der Waals surface area contributed by atoms with E-state index in [4.69, 9.17) is 0 Å². The molecule has 1 aromatic heterocycles. The summed E-state index contributed by atoms with van der Waals surface area (Å²) >= 11 is 1.70. The zero-order valence-corrected chi connectivity index (χ0v) is 15.5. The minimum Gasteiger partial charge on any atom is -0.351 e. The molecule has 132 valence electrons. The number of carbonyl (C=O) groups excluding carboxylic acids is 1. The first-order chi connectivity index (χ1) is 11.7. The Kier molecular flexibility index (Phi) is 4.93. The number of amides is 1. The molecule has 2 fully saturated rings. The van der Waals surface area contributed by atoms with Crippen LogP contribution in [-0.4, -0.2) is 47.4 Å². The molecule has 4 nitrogen and oxygen atoms in total. The second-order valence-corrected chi connectivity index (χ2v) is 8.82. The van der Waals surface area contributed by atoms with Crippen molar-refractivity contribution in [2.24, 2.45) is 0 Å². The van der Waals surface area contributed by atoms with Crippen LogP contribution in [-0.2, 0) is 13.1 Å². The number of fused-ring (bicyclic) bond motifs is 1. The molecule has 5 heteroatoms. The Labute approximate surface area is 149 Å². The maximum atomic E-state index is 12.4. The van der Waals surface area contributed by atoms with Crippen LogP contribution in [0.25, 0.3) is 0 Å². The van der Waals surface area contributed by atoms with E-state index in [0.717, 1.165) is 43.5 Å². The number of hydrogen-bond acceptors (Lipinski definition) is 4. The summed E-state index contributed by atoms with van der Waals surface area (Å²) in [5.74, 6) is 0.124. The van der Waals surface area contributed by atoms with E-state index in [-0.39, 0.29) is 5.91 Å². The first-order valence-corrected chi connectivity index (χ1v) is 10.4. The third-order valence-electron chi connectivity index (χ3n) is 5.75. The minimum atomic E-state index is 0.124. The third-order valence-corrected chi connectivity index (χ3v) is 6.91. The van der Waals surface area contributed by atoms with E-state index in [0.29, 0.717) is 6.04 Å². The van der Waals surface area contributed by atoms with E-state index in [1.807, 2.05) is 0 Å². The van der Waals surface area contributed by atoms with Crippen molar-refractivity contribution >= 4 is 17.2 Å². The van der Waals surface area contributed by atoms with E-state index in [1.54, 1.807) is 11.3 Å². The van der Waals surface area contributed by atoms with Crippen molar-refractivity contribution in [1.29, 1.82) is 0 Å². The molecule has 1 amide bonds. The first-order valence-electron chi connectivity index (χ1n) is 9.58. The molecule has 3 heterocycles. The molecular weight excluding hydrogens is 318 g/mol. The minimum absolute atomic E-state index is 0.124. The van der Waals surface area contributed by atoms with Gasteiger partial charge in [-0.15, -0.1) is 11.3 Å². The number of thiophene rings is 1. The highest BCUT2D eigenvalue weighted by molar-refractivity contribution is 7.14. The Hall–Kier alpha value is -0.910. The first kappa shape index (κ1) is 16.6. The van der Waals surface area contributed by atoms with Gasteiger partial charge in [0.2, 0.25) is 0 Å². The monoisotopic (exact) mass is 347 g/mol. The molecule has 0 aromatic carbocycles. The molecule has 1 saturated carbocycles. The molecule has 1 atom stereocenters. The Morgan fingerprint density at radius 3 is 2.92 bits per heavy atom. The highest BCUT2D eigenvalue weighted by Crippen LogP contribution is 2.38. The van der Waals surface area contributed by atoms with Gasteiger partial charge >= 0.3 is 0 Å². The zero-order chi connectivity index (χ0) is 16.5. The summed E-state index contributed by atoms with van der Waals surface area (Å²) in [4.78, 5) is 19.8. The van der Waals surface area contributed by atoms with E-state index < -0.39 is 0 Å². The molecule has 0 bridgehead atoms. The number of carbonyl (C=O) groups is 1. The summed E-state index contributed by atoms with van der Waals surface area (Å²) in [6.45, 7) is 7.57. The van der Waals surface area contributed by atoms with Crippen molar-refractivity contribution < 1.29 is 4.79 Å². The van der Waals surface area contributed by atoms with Crippen LogP contribution in [0.15, 0.2) is 6.07 Å². The molecule has 1 N–H and O–H groups in total. The number of nitrogens with zero attached hydrogens (tertiary/aromatic N) is 2. The van der Waals surface area contributed by atoms with Crippen molar-refractivity contribution in [3.05, 3.63) is 21.4 Å². The number of rotatable bonds is 6. The molecule has 4 rings (SSSR count). The van der Waals surface area contributed by atoms with Crippen LogP contribution in [0.4, 0.5) is 0 Å². The fourth-order valence-corrected chi connectivity index (χ4v) is 5.18. The summed E-state index contributed by atoms with van der Waals surface area (Å²) in [6.07, 6.45) is 7.79. The van der Waals surface area contributed by atoms with Crippen LogP contribution in [0, 0.1) is 0 Å². The average Bonchev–Trinajstić information content (AvgIpc) is 3.23. The third kappa shape index (κ3) is 3.68. The van der Waals surface area contributed by atoms with Gasteiger partial charge in [-0.25, -0.2) is 0 Å². The predicted octanol–water partition coefficient (Wildman–Crippen LogP) is 3.22. The highest BCUT2D eigenvalue weighted by atomic mass is 32.1. The van der Waals surface area contributed by atoms with Gasteiger partial charge in [-0.3, -0.25) is 9.69 Å². The lowest BCUT2D eigenvalue weighted by Gasteiger charge is -2.33. The van der Waals surface area contributed by atoms with Gasteiger partial charge in [0.1, 0.15) is 0 Å². The molecule has 1 saturated heterocycles. The molecule has 0 radical (unpaired) electrons. The largest absolute Gasteiger partial charge is 0.351 e.